The van der Waals surface area contributed by atoms with E-state index in [1.807, 2.05) is 9.80 Å². The highest BCUT2D eigenvalue weighted by Gasteiger charge is 2.31. The van der Waals surface area contributed by atoms with Gasteiger partial charge >= 0.3 is 6.03 Å². The lowest BCUT2D eigenvalue weighted by Gasteiger charge is -2.40. The second-order valence-corrected chi connectivity index (χ2v) is 6.05. The zero-order valence-corrected chi connectivity index (χ0v) is 13.9. The van der Waals surface area contributed by atoms with Gasteiger partial charge in [0.25, 0.3) is 0 Å². The fraction of sp³-hybridized carbons (Fsp3) is 0.933. The third-order valence-corrected chi connectivity index (χ3v) is 4.65. The van der Waals surface area contributed by atoms with Crippen LogP contribution in [0.2, 0.25) is 0 Å². The van der Waals surface area contributed by atoms with Crippen LogP contribution in [-0.4, -0.2) is 66.3 Å². The van der Waals surface area contributed by atoms with Gasteiger partial charge < -0.3 is 20.2 Å². The van der Waals surface area contributed by atoms with Crippen LogP contribution in [0.15, 0.2) is 0 Å². The monoisotopic (exact) mass is 319 g/mol. The van der Waals surface area contributed by atoms with Crippen molar-refractivity contribution in [3.63, 3.8) is 0 Å². The van der Waals surface area contributed by atoms with Crippen LogP contribution in [-0.2, 0) is 0 Å². The molecule has 6 heteroatoms. The largest absolute Gasteiger partial charge is 0.394 e. The van der Waals surface area contributed by atoms with Crippen LogP contribution in [0.4, 0.5) is 4.79 Å². The molecule has 1 unspecified atom stereocenters. The molecular weight excluding hydrogens is 290 g/mol. The van der Waals surface area contributed by atoms with Gasteiger partial charge in [-0.3, -0.25) is 0 Å². The average Bonchev–Trinajstić information content (AvgIpc) is 2.52. The first-order valence-corrected chi connectivity index (χ1v) is 8.13. The van der Waals surface area contributed by atoms with Crippen molar-refractivity contribution in [1.82, 2.24) is 15.1 Å². The molecule has 21 heavy (non-hydrogen) atoms. The molecule has 2 N–H and O–H groups in total. The molecular formula is C15H30ClN3O2. The summed E-state index contributed by atoms with van der Waals surface area (Å²) in [5, 5.41) is 12.8. The number of carbonyl (C=O) groups excluding carboxylic acids is 1. The van der Waals surface area contributed by atoms with Crippen molar-refractivity contribution in [3.8, 4) is 0 Å². The van der Waals surface area contributed by atoms with Crippen LogP contribution in [0.25, 0.3) is 0 Å². The van der Waals surface area contributed by atoms with E-state index in [4.69, 9.17) is 0 Å². The second kappa shape index (κ2) is 9.49. The molecule has 0 aromatic heterocycles. The van der Waals surface area contributed by atoms with Gasteiger partial charge in [-0.1, -0.05) is 6.92 Å². The number of aliphatic hydroxyl groups excluding tert-OH is 1. The van der Waals surface area contributed by atoms with Crippen LogP contribution in [0.3, 0.4) is 0 Å². The van der Waals surface area contributed by atoms with Crippen LogP contribution >= 0.6 is 12.4 Å². The molecule has 2 rings (SSSR count). The van der Waals surface area contributed by atoms with Gasteiger partial charge in [0, 0.05) is 19.6 Å². The van der Waals surface area contributed by atoms with E-state index < -0.39 is 0 Å². The Balaban J connectivity index is 0.00000220. The number of halogens is 1. The molecule has 0 aliphatic carbocycles. The number of aliphatic hydroxyl groups is 1. The van der Waals surface area contributed by atoms with E-state index in [0.717, 1.165) is 64.8 Å². The summed E-state index contributed by atoms with van der Waals surface area (Å²) in [5.41, 5.74) is 0. The van der Waals surface area contributed by atoms with E-state index in [0.29, 0.717) is 5.92 Å². The number of hydrogen-bond acceptors (Lipinski definition) is 3. The van der Waals surface area contributed by atoms with E-state index in [9.17, 15) is 9.90 Å². The van der Waals surface area contributed by atoms with E-state index in [1.165, 1.54) is 0 Å². The van der Waals surface area contributed by atoms with Crippen LogP contribution in [0.1, 0.15) is 39.0 Å². The molecule has 2 saturated heterocycles. The standard InChI is InChI=1S/C15H29N3O2.ClH/c1-2-16-11-13-6-9-17(10-7-13)15(20)18-8-4-3-5-14(18)12-19;/h13-14,16,19H,2-12H2,1H3;1H. The molecule has 0 aromatic carbocycles. The number of nitrogens with zero attached hydrogens (tertiary/aromatic N) is 2. The van der Waals surface area contributed by atoms with Crippen molar-refractivity contribution in [2.75, 3.05) is 39.3 Å². The predicted molar refractivity (Wildman–Crippen MR) is 86.9 cm³/mol. The van der Waals surface area contributed by atoms with Crippen molar-refractivity contribution in [1.29, 1.82) is 0 Å². The lowest BCUT2D eigenvalue weighted by atomic mass is 9.96. The molecule has 2 aliphatic rings. The molecule has 2 aliphatic heterocycles. The Hall–Kier alpha value is -0.520. The quantitative estimate of drug-likeness (QED) is 0.829. The van der Waals surface area contributed by atoms with Crippen molar-refractivity contribution < 1.29 is 9.90 Å². The van der Waals surface area contributed by atoms with Crippen molar-refractivity contribution in [3.05, 3.63) is 0 Å². The fourth-order valence-electron chi connectivity index (χ4n) is 3.30. The number of piperidine rings is 2. The lowest BCUT2D eigenvalue weighted by molar-refractivity contribution is 0.0766. The molecule has 2 fully saturated rings. The summed E-state index contributed by atoms with van der Waals surface area (Å²) in [4.78, 5) is 16.4. The average molecular weight is 320 g/mol. The summed E-state index contributed by atoms with van der Waals surface area (Å²) in [7, 11) is 0. The topological polar surface area (TPSA) is 55.8 Å². The summed E-state index contributed by atoms with van der Waals surface area (Å²) in [6, 6.07) is 0.182. The maximum absolute atomic E-state index is 12.6. The Morgan fingerprint density at radius 3 is 2.52 bits per heavy atom. The molecule has 2 heterocycles. The van der Waals surface area contributed by atoms with E-state index >= 15 is 0 Å². The molecule has 0 aromatic rings. The van der Waals surface area contributed by atoms with Gasteiger partial charge in [0.05, 0.1) is 12.6 Å². The summed E-state index contributed by atoms with van der Waals surface area (Å²) in [5.74, 6) is 0.703. The minimum atomic E-state index is 0. The molecule has 1 atom stereocenters. The van der Waals surface area contributed by atoms with Crippen molar-refractivity contribution in [2.45, 2.75) is 45.1 Å². The lowest BCUT2D eigenvalue weighted by Crippen LogP contribution is -2.53. The van der Waals surface area contributed by atoms with E-state index in [-0.39, 0.29) is 31.1 Å². The number of rotatable bonds is 4. The van der Waals surface area contributed by atoms with Crippen LogP contribution in [0, 0.1) is 5.92 Å². The summed E-state index contributed by atoms with van der Waals surface area (Å²) in [6.07, 6.45) is 5.32. The first kappa shape index (κ1) is 18.5. The van der Waals surface area contributed by atoms with Crippen LogP contribution in [0.5, 0.6) is 0 Å². The van der Waals surface area contributed by atoms with Crippen LogP contribution < -0.4 is 5.32 Å². The van der Waals surface area contributed by atoms with Gasteiger partial charge in [-0.25, -0.2) is 4.79 Å². The molecule has 0 saturated carbocycles. The van der Waals surface area contributed by atoms with E-state index in [1.54, 1.807) is 0 Å². The summed E-state index contributed by atoms with van der Waals surface area (Å²) < 4.78 is 0. The first-order valence-electron chi connectivity index (χ1n) is 8.13. The minimum Gasteiger partial charge on any atom is -0.394 e. The fourth-order valence-corrected chi connectivity index (χ4v) is 3.30. The number of likely N-dealkylation sites (tertiary alicyclic amines) is 2. The maximum Gasteiger partial charge on any atom is 0.320 e. The summed E-state index contributed by atoms with van der Waals surface area (Å²) in [6.45, 7) is 6.85. The third kappa shape index (κ3) is 5.01. The number of urea groups is 1. The zero-order valence-electron chi connectivity index (χ0n) is 13.1. The van der Waals surface area contributed by atoms with Gasteiger partial charge in [0.1, 0.15) is 0 Å². The normalized spacial score (nSPS) is 23.8. The molecule has 0 radical (unpaired) electrons. The first-order chi connectivity index (χ1) is 9.76. The van der Waals surface area contributed by atoms with Gasteiger partial charge in [-0.2, -0.15) is 0 Å². The smallest absolute Gasteiger partial charge is 0.320 e. The maximum atomic E-state index is 12.6. The molecule has 0 bridgehead atoms. The predicted octanol–water partition coefficient (Wildman–Crippen LogP) is 1.70. The molecule has 0 spiro atoms. The Kier molecular flexibility index (Phi) is 8.37. The second-order valence-electron chi connectivity index (χ2n) is 6.05. The Bertz CT molecular complexity index is 309. The zero-order chi connectivity index (χ0) is 14.4. The molecule has 124 valence electrons. The highest BCUT2D eigenvalue weighted by Crippen LogP contribution is 2.22. The minimum absolute atomic E-state index is 0. The number of carbonyl (C=O) groups is 1. The number of hydrogen-bond donors (Lipinski definition) is 2. The van der Waals surface area contributed by atoms with Gasteiger partial charge in [0.15, 0.2) is 0 Å². The Morgan fingerprint density at radius 1 is 1.19 bits per heavy atom. The van der Waals surface area contributed by atoms with Gasteiger partial charge in [-0.05, 0) is 51.1 Å². The Morgan fingerprint density at radius 2 is 1.90 bits per heavy atom. The molecule has 5 nitrogen and oxygen atoms in total. The highest BCUT2D eigenvalue weighted by atomic mass is 35.5. The van der Waals surface area contributed by atoms with Gasteiger partial charge in [0.2, 0.25) is 0 Å². The number of nitrogens with one attached hydrogen (secondary N) is 1. The number of amides is 2. The van der Waals surface area contributed by atoms with Crippen molar-refractivity contribution >= 4 is 18.4 Å². The van der Waals surface area contributed by atoms with Gasteiger partial charge in [-0.15, -0.1) is 12.4 Å². The molecule has 2 amide bonds. The summed E-state index contributed by atoms with van der Waals surface area (Å²) >= 11 is 0. The van der Waals surface area contributed by atoms with Crippen molar-refractivity contribution in [2.24, 2.45) is 5.92 Å². The third-order valence-electron chi connectivity index (χ3n) is 4.65. The van der Waals surface area contributed by atoms with E-state index in [2.05, 4.69) is 12.2 Å². The SMILES string of the molecule is CCNCC1CCN(C(=O)N2CCCCC2CO)CC1.Cl. The Labute approximate surface area is 134 Å². The highest BCUT2D eigenvalue weighted by molar-refractivity contribution is 5.85.